The van der Waals surface area contributed by atoms with E-state index in [2.05, 4.69) is 4.98 Å². The molecule has 13 heavy (non-hydrogen) atoms. The topological polar surface area (TPSA) is 30.0 Å². The zero-order chi connectivity index (χ0) is 9.10. The molecule has 0 N–H and O–H groups in total. The minimum atomic E-state index is 0.427. The number of carbonyl (C=O) groups is 1. The van der Waals surface area contributed by atoms with Crippen molar-refractivity contribution in [2.24, 2.45) is 0 Å². The van der Waals surface area contributed by atoms with Crippen molar-refractivity contribution in [2.45, 2.75) is 6.42 Å². The molecule has 0 aromatic carbocycles. The molecule has 0 radical (unpaired) electrons. The molecule has 0 fully saturated rings. The first kappa shape index (κ1) is 8.59. The van der Waals surface area contributed by atoms with Gasteiger partial charge in [-0.1, -0.05) is 6.07 Å². The number of aromatic nitrogens is 1. The summed E-state index contributed by atoms with van der Waals surface area (Å²) >= 11 is 3.20. The van der Waals surface area contributed by atoms with Gasteiger partial charge < -0.3 is 4.79 Å². The van der Waals surface area contributed by atoms with E-state index in [9.17, 15) is 4.79 Å². The molecule has 0 saturated carbocycles. The second kappa shape index (κ2) is 3.81. The summed E-state index contributed by atoms with van der Waals surface area (Å²) in [4.78, 5) is 15.7. The maximum atomic E-state index is 10.2. The summed E-state index contributed by atoms with van der Waals surface area (Å²) in [6, 6.07) is 4.03. The van der Waals surface area contributed by atoms with Crippen LogP contribution in [-0.4, -0.2) is 11.3 Å². The zero-order valence-corrected chi connectivity index (χ0v) is 8.40. The lowest BCUT2D eigenvalue weighted by atomic mass is 10.4. The summed E-state index contributed by atoms with van der Waals surface area (Å²) in [6.45, 7) is 0. The predicted octanol–water partition coefficient (Wildman–Crippen LogP) is 2.61. The molecule has 0 unspecified atom stereocenters. The van der Waals surface area contributed by atoms with Crippen LogP contribution in [0.25, 0.3) is 10.6 Å². The van der Waals surface area contributed by atoms with Gasteiger partial charge in [0.1, 0.15) is 11.3 Å². The van der Waals surface area contributed by atoms with Crippen molar-refractivity contribution in [3.63, 3.8) is 0 Å². The molecule has 0 amide bonds. The van der Waals surface area contributed by atoms with E-state index < -0.39 is 0 Å². The van der Waals surface area contributed by atoms with E-state index in [1.165, 1.54) is 11.3 Å². The van der Waals surface area contributed by atoms with E-state index in [1.54, 1.807) is 11.3 Å². The van der Waals surface area contributed by atoms with Crippen LogP contribution < -0.4 is 0 Å². The van der Waals surface area contributed by atoms with Crippen molar-refractivity contribution in [3.05, 3.63) is 27.9 Å². The maximum Gasteiger partial charge on any atom is 0.126 e. The molecule has 0 spiro atoms. The molecule has 4 heteroatoms. The third-order valence-corrected chi connectivity index (χ3v) is 3.35. The summed E-state index contributed by atoms with van der Waals surface area (Å²) in [5, 5.41) is 4.90. The Morgan fingerprint density at radius 2 is 2.38 bits per heavy atom. The average Bonchev–Trinajstić information content (AvgIpc) is 2.70. The van der Waals surface area contributed by atoms with Gasteiger partial charge in [-0.15, -0.1) is 22.7 Å². The average molecular weight is 209 g/mol. The van der Waals surface area contributed by atoms with Crippen LogP contribution in [0.3, 0.4) is 0 Å². The molecule has 2 heterocycles. The zero-order valence-electron chi connectivity index (χ0n) is 6.77. The largest absolute Gasteiger partial charge is 0.303 e. The lowest BCUT2D eigenvalue weighted by Gasteiger charge is -1.86. The molecular weight excluding hydrogens is 202 g/mol. The molecule has 66 valence electrons. The van der Waals surface area contributed by atoms with Crippen molar-refractivity contribution in [1.29, 1.82) is 0 Å². The third-order valence-electron chi connectivity index (χ3n) is 1.58. The number of carbonyl (C=O) groups excluding carboxylic acids is 1. The van der Waals surface area contributed by atoms with Crippen molar-refractivity contribution < 1.29 is 4.79 Å². The highest BCUT2D eigenvalue weighted by atomic mass is 32.1. The van der Waals surface area contributed by atoms with Crippen LogP contribution in [0.15, 0.2) is 22.9 Å². The molecule has 0 aliphatic rings. The second-order valence-electron chi connectivity index (χ2n) is 2.47. The standard InChI is InChI=1S/C9H7NOS2/c11-4-3-9-10-7(6-13-9)8-2-1-5-12-8/h1-2,4-6H,3H2. The highest BCUT2D eigenvalue weighted by molar-refractivity contribution is 7.14. The van der Waals surface area contributed by atoms with Gasteiger partial charge in [0.05, 0.1) is 17.0 Å². The number of nitrogens with zero attached hydrogens (tertiary/aromatic N) is 1. The Morgan fingerprint density at radius 1 is 1.46 bits per heavy atom. The number of aldehydes is 1. The third kappa shape index (κ3) is 1.84. The molecule has 0 aliphatic carbocycles. The Labute approximate surface area is 83.9 Å². The van der Waals surface area contributed by atoms with Crippen LogP contribution in [0.2, 0.25) is 0 Å². The normalized spacial score (nSPS) is 10.2. The van der Waals surface area contributed by atoms with Gasteiger partial charge in [0.2, 0.25) is 0 Å². The van der Waals surface area contributed by atoms with E-state index in [-0.39, 0.29) is 0 Å². The first-order valence-corrected chi connectivity index (χ1v) is 5.58. The number of hydrogen-bond acceptors (Lipinski definition) is 4. The summed E-state index contributed by atoms with van der Waals surface area (Å²) < 4.78 is 0. The van der Waals surface area contributed by atoms with Crippen molar-refractivity contribution >= 4 is 29.0 Å². The van der Waals surface area contributed by atoms with Gasteiger partial charge in [-0.25, -0.2) is 4.98 Å². The molecular formula is C9H7NOS2. The molecule has 0 bridgehead atoms. The SMILES string of the molecule is O=CCc1nc(-c2cccs2)cs1. The minimum absolute atomic E-state index is 0.427. The highest BCUT2D eigenvalue weighted by Crippen LogP contribution is 2.25. The predicted molar refractivity (Wildman–Crippen MR) is 55.2 cm³/mol. The minimum Gasteiger partial charge on any atom is -0.303 e. The molecule has 2 rings (SSSR count). The number of thiophene rings is 1. The van der Waals surface area contributed by atoms with Crippen molar-refractivity contribution in [1.82, 2.24) is 4.98 Å². The second-order valence-corrected chi connectivity index (χ2v) is 4.36. The van der Waals surface area contributed by atoms with E-state index in [4.69, 9.17) is 0 Å². The Bertz CT molecular complexity index is 391. The molecule has 2 aromatic heterocycles. The lowest BCUT2D eigenvalue weighted by Crippen LogP contribution is -1.83. The summed E-state index contributed by atoms with van der Waals surface area (Å²) in [7, 11) is 0. The van der Waals surface area contributed by atoms with Gasteiger partial charge in [-0.3, -0.25) is 0 Å². The summed E-state index contributed by atoms with van der Waals surface area (Å²) in [6.07, 6.45) is 1.31. The summed E-state index contributed by atoms with van der Waals surface area (Å²) in [5.41, 5.74) is 0.983. The van der Waals surface area contributed by atoms with Crippen LogP contribution in [0.1, 0.15) is 5.01 Å². The fourth-order valence-electron chi connectivity index (χ4n) is 1.01. The Hall–Kier alpha value is -1.00. The van der Waals surface area contributed by atoms with Gasteiger partial charge in [0.25, 0.3) is 0 Å². The van der Waals surface area contributed by atoms with Crippen molar-refractivity contribution in [2.75, 3.05) is 0 Å². The quantitative estimate of drug-likeness (QED) is 0.727. The lowest BCUT2D eigenvalue weighted by molar-refractivity contribution is -0.107. The van der Waals surface area contributed by atoms with Crippen LogP contribution in [0, 0.1) is 0 Å². The fourth-order valence-corrected chi connectivity index (χ4v) is 2.52. The van der Waals surface area contributed by atoms with E-state index in [0.717, 1.165) is 21.9 Å². The van der Waals surface area contributed by atoms with Crippen molar-refractivity contribution in [3.8, 4) is 10.6 Å². The maximum absolute atomic E-state index is 10.2. The molecule has 0 saturated heterocycles. The molecule has 0 aliphatic heterocycles. The van der Waals surface area contributed by atoms with Gasteiger partial charge in [0, 0.05) is 5.38 Å². The van der Waals surface area contributed by atoms with Gasteiger partial charge >= 0.3 is 0 Å². The Kier molecular flexibility index (Phi) is 2.52. The van der Waals surface area contributed by atoms with Crippen LogP contribution in [0.4, 0.5) is 0 Å². The number of thiazole rings is 1. The van der Waals surface area contributed by atoms with Crippen LogP contribution in [0.5, 0.6) is 0 Å². The highest BCUT2D eigenvalue weighted by Gasteiger charge is 2.03. The van der Waals surface area contributed by atoms with Gasteiger partial charge in [0.15, 0.2) is 0 Å². The Balaban J connectivity index is 2.28. The first-order valence-electron chi connectivity index (χ1n) is 3.82. The summed E-state index contributed by atoms with van der Waals surface area (Å²) in [5.74, 6) is 0. The number of rotatable bonds is 3. The molecule has 2 aromatic rings. The van der Waals surface area contributed by atoms with E-state index in [1.807, 2.05) is 22.9 Å². The first-order chi connectivity index (χ1) is 6.40. The molecule has 2 nitrogen and oxygen atoms in total. The molecule has 0 atom stereocenters. The van der Waals surface area contributed by atoms with E-state index >= 15 is 0 Å². The smallest absolute Gasteiger partial charge is 0.126 e. The number of hydrogen-bond donors (Lipinski definition) is 0. The van der Waals surface area contributed by atoms with Crippen LogP contribution >= 0.6 is 22.7 Å². The Morgan fingerprint density at radius 3 is 3.08 bits per heavy atom. The van der Waals surface area contributed by atoms with Gasteiger partial charge in [-0.05, 0) is 11.4 Å². The van der Waals surface area contributed by atoms with Gasteiger partial charge in [-0.2, -0.15) is 0 Å². The monoisotopic (exact) mass is 209 g/mol. The fraction of sp³-hybridized carbons (Fsp3) is 0.111. The van der Waals surface area contributed by atoms with Crippen LogP contribution in [-0.2, 0) is 11.2 Å². The van der Waals surface area contributed by atoms with E-state index in [0.29, 0.717) is 6.42 Å².